The first-order valence-corrected chi connectivity index (χ1v) is 9.36. The predicted octanol–water partition coefficient (Wildman–Crippen LogP) is 4.71. The molecule has 3 aromatic rings. The van der Waals surface area contributed by atoms with Gasteiger partial charge in [0.15, 0.2) is 0 Å². The molecule has 1 saturated heterocycles. The van der Waals surface area contributed by atoms with E-state index in [9.17, 15) is 0 Å². The maximum atomic E-state index is 6.37. The number of hydrogen-bond acceptors (Lipinski definition) is 2. The van der Waals surface area contributed by atoms with Crippen LogP contribution in [-0.2, 0) is 15.7 Å². The van der Waals surface area contributed by atoms with Gasteiger partial charge in [0.2, 0.25) is 0 Å². The van der Waals surface area contributed by atoms with Gasteiger partial charge in [-0.3, -0.25) is 0 Å². The average molecular weight is 342 g/mol. The van der Waals surface area contributed by atoms with Crippen molar-refractivity contribution in [1.29, 1.82) is 0 Å². The van der Waals surface area contributed by atoms with Crippen molar-refractivity contribution < 1.29 is 9.31 Å². The molecule has 1 aliphatic heterocycles. The van der Waals surface area contributed by atoms with E-state index in [4.69, 9.17) is 9.31 Å². The number of fused-ring (bicyclic) bond motifs is 5. The number of benzene rings is 3. The molecule has 0 bridgehead atoms. The smallest absolute Gasteiger partial charge is 0.399 e. The molecule has 0 spiro atoms. The molecule has 2 aliphatic rings. The lowest BCUT2D eigenvalue weighted by molar-refractivity contribution is 0.00578. The quantitative estimate of drug-likeness (QED) is 0.467. The monoisotopic (exact) mass is 342 g/mol. The lowest BCUT2D eigenvalue weighted by Crippen LogP contribution is -2.41. The zero-order valence-electron chi connectivity index (χ0n) is 15.8. The summed E-state index contributed by atoms with van der Waals surface area (Å²) < 4.78 is 12.7. The van der Waals surface area contributed by atoms with Gasteiger partial charge in [-0.05, 0) is 72.6 Å². The highest BCUT2D eigenvalue weighted by Crippen LogP contribution is 2.42. The fourth-order valence-electron chi connectivity index (χ4n) is 4.21. The van der Waals surface area contributed by atoms with Gasteiger partial charge in [-0.1, -0.05) is 54.6 Å². The summed E-state index contributed by atoms with van der Waals surface area (Å²) in [5, 5.41) is 2.51. The summed E-state index contributed by atoms with van der Waals surface area (Å²) in [7, 11) is -0.334. The molecule has 0 saturated carbocycles. The standard InChI is InChI=1S/C23H23BO2/c1-22(2)23(3,4)26-24(25-22)20-14-16-13-15-9-5-6-10-17(15)21(16)19-12-8-7-11-18(19)20/h5-12,14H,13H2,1-4H3. The van der Waals surface area contributed by atoms with E-state index in [0.29, 0.717) is 0 Å². The Labute approximate surface area is 155 Å². The third kappa shape index (κ3) is 2.14. The van der Waals surface area contributed by atoms with E-state index in [-0.39, 0.29) is 18.3 Å². The van der Waals surface area contributed by atoms with Crippen LogP contribution < -0.4 is 5.46 Å². The first-order valence-electron chi connectivity index (χ1n) is 9.36. The molecule has 130 valence electrons. The minimum Gasteiger partial charge on any atom is -0.399 e. The summed E-state index contributed by atoms with van der Waals surface area (Å²) in [6.45, 7) is 8.44. The Bertz CT molecular complexity index is 1020. The summed E-state index contributed by atoms with van der Waals surface area (Å²) in [6.07, 6.45) is 0.975. The van der Waals surface area contributed by atoms with E-state index < -0.39 is 0 Å². The highest BCUT2D eigenvalue weighted by molar-refractivity contribution is 6.65. The normalized spacial score (nSPS) is 19.6. The van der Waals surface area contributed by atoms with Gasteiger partial charge in [0.25, 0.3) is 0 Å². The van der Waals surface area contributed by atoms with Crippen molar-refractivity contribution in [2.75, 3.05) is 0 Å². The molecule has 1 heterocycles. The minimum absolute atomic E-state index is 0.333. The summed E-state index contributed by atoms with van der Waals surface area (Å²) in [5.41, 5.74) is 5.98. The number of hydrogen-bond donors (Lipinski definition) is 0. The Morgan fingerprint density at radius 2 is 1.38 bits per heavy atom. The van der Waals surface area contributed by atoms with Crippen LogP contribution in [0.4, 0.5) is 0 Å². The zero-order chi connectivity index (χ0) is 18.1. The molecule has 3 heteroatoms. The maximum absolute atomic E-state index is 6.37. The minimum atomic E-state index is -0.334. The average Bonchev–Trinajstić information content (AvgIpc) is 3.08. The molecule has 2 nitrogen and oxygen atoms in total. The lowest BCUT2D eigenvalue weighted by atomic mass is 9.74. The van der Waals surface area contributed by atoms with Crippen molar-refractivity contribution in [1.82, 2.24) is 0 Å². The van der Waals surface area contributed by atoms with Gasteiger partial charge in [-0.25, -0.2) is 0 Å². The molecule has 0 aromatic heterocycles. The van der Waals surface area contributed by atoms with Crippen LogP contribution in [0.3, 0.4) is 0 Å². The largest absolute Gasteiger partial charge is 0.495 e. The van der Waals surface area contributed by atoms with Gasteiger partial charge < -0.3 is 9.31 Å². The lowest BCUT2D eigenvalue weighted by Gasteiger charge is -2.32. The van der Waals surface area contributed by atoms with Gasteiger partial charge in [0.05, 0.1) is 11.2 Å². The predicted molar refractivity (Wildman–Crippen MR) is 108 cm³/mol. The van der Waals surface area contributed by atoms with Crippen molar-refractivity contribution in [3.8, 4) is 11.1 Å². The van der Waals surface area contributed by atoms with E-state index in [1.54, 1.807) is 0 Å². The van der Waals surface area contributed by atoms with E-state index in [1.807, 2.05) is 0 Å². The second kappa shape index (κ2) is 5.22. The molecule has 0 amide bonds. The van der Waals surface area contributed by atoms with E-state index in [0.717, 1.165) is 11.9 Å². The topological polar surface area (TPSA) is 18.5 Å². The Morgan fingerprint density at radius 3 is 2.12 bits per heavy atom. The molecular formula is C23H23BO2. The third-order valence-corrected chi connectivity index (χ3v) is 6.33. The molecule has 0 atom stereocenters. The van der Waals surface area contributed by atoms with E-state index in [2.05, 4.69) is 82.3 Å². The number of rotatable bonds is 1. The third-order valence-electron chi connectivity index (χ3n) is 6.33. The van der Waals surface area contributed by atoms with Crippen LogP contribution in [0, 0.1) is 0 Å². The van der Waals surface area contributed by atoms with E-state index >= 15 is 0 Å². The summed E-state index contributed by atoms with van der Waals surface area (Å²) in [6, 6.07) is 19.7. The van der Waals surface area contributed by atoms with Crippen LogP contribution in [0.2, 0.25) is 0 Å². The first kappa shape index (κ1) is 16.1. The first-order chi connectivity index (χ1) is 12.4. The molecule has 5 rings (SSSR count). The highest BCUT2D eigenvalue weighted by Gasteiger charge is 2.52. The van der Waals surface area contributed by atoms with E-state index in [1.165, 1.54) is 33.0 Å². The van der Waals surface area contributed by atoms with Gasteiger partial charge in [0.1, 0.15) is 0 Å². The van der Waals surface area contributed by atoms with Crippen molar-refractivity contribution in [3.05, 3.63) is 65.7 Å². The van der Waals surface area contributed by atoms with Gasteiger partial charge in [0, 0.05) is 0 Å². The zero-order valence-corrected chi connectivity index (χ0v) is 15.8. The van der Waals surface area contributed by atoms with Crippen LogP contribution in [-0.4, -0.2) is 18.3 Å². The fourth-order valence-corrected chi connectivity index (χ4v) is 4.21. The Morgan fingerprint density at radius 1 is 0.769 bits per heavy atom. The molecular weight excluding hydrogens is 319 g/mol. The van der Waals surface area contributed by atoms with Crippen LogP contribution in [0.15, 0.2) is 54.6 Å². The van der Waals surface area contributed by atoms with Crippen LogP contribution in [0.1, 0.15) is 38.8 Å². The SMILES string of the molecule is CC1(C)OB(c2cc3c(c4ccccc24)-c2ccccc2C3)OC1(C)C. The summed E-state index contributed by atoms with van der Waals surface area (Å²) in [5.74, 6) is 0. The van der Waals surface area contributed by atoms with Crippen molar-refractivity contribution in [3.63, 3.8) is 0 Å². The van der Waals surface area contributed by atoms with Crippen LogP contribution >= 0.6 is 0 Å². The van der Waals surface area contributed by atoms with Crippen molar-refractivity contribution in [2.45, 2.75) is 45.3 Å². The van der Waals surface area contributed by atoms with Gasteiger partial charge in [-0.2, -0.15) is 0 Å². The maximum Gasteiger partial charge on any atom is 0.495 e. The van der Waals surface area contributed by atoms with Gasteiger partial charge in [-0.15, -0.1) is 0 Å². The molecule has 26 heavy (non-hydrogen) atoms. The Kier molecular flexibility index (Phi) is 3.23. The molecule has 1 aliphatic carbocycles. The summed E-state index contributed by atoms with van der Waals surface area (Å²) >= 11 is 0. The van der Waals surface area contributed by atoms with Crippen molar-refractivity contribution >= 4 is 23.4 Å². The molecule has 0 N–H and O–H groups in total. The Hall–Kier alpha value is -2.10. The van der Waals surface area contributed by atoms with Crippen molar-refractivity contribution in [2.24, 2.45) is 0 Å². The van der Waals surface area contributed by atoms with Crippen LogP contribution in [0.25, 0.3) is 21.9 Å². The Balaban J connectivity index is 1.73. The fraction of sp³-hybridized carbons (Fsp3) is 0.304. The second-order valence-electron chi connectivity index (χ2n) is 8.47. The second-order valence-corrected chi connectivity index (χ2v) is 8.47. The van der Waals surface area contributed by atoms with Gasteiger partial charge >= 0.3 is 7.12 Å². The molecule has 0 unspecified atom stereocenters. The summed E-state index contributed by atoms with van der Waals surface area (Å²) in [4.78, 5) is 0. The highest BCUT2D eigenvalue weighted by atomic mass is 16.7. The van der Waals surface area contributed by atoms with Crippen LogP contribution in [0.5, 0.6) is 0 Å². The molecule has 3 aromatic carbocycles. The molecule has 1 fully saturated rings. The molecule has 0 radical (unpaired) electrons.